The minimum atomic E-state index is -3.08. The third-order valence-electron chi connectivity index (χ3n) is 4.81. The van der Waals surface area contributed by atoms with Crippen LogP contribution in [-0.2, 0) is 29.6 Å². The molecule has 0 nitrogen and oxygen atoms in total. The number of hydrogen-bond donors (Lipinski definition) is 0. The van der Waals surface area contributed by atoms with E-state index in [2.05, 4.69) is 117 Å². The molecule has 0 amide bonds. The maximum absolute atomic E-state index is 9.58. The van der Waals surface area contributed by atoms with Crippen molar-refractivity contribution in [1.29, 1.82) is 0 Å². The molecule has 0 aliphatic rings. The van der Waals surface area contributed by atoms with E-state index in [4.69, 9.17) is 0 Å². The zero-order chi connectivity index (χ0) is 26.1. The van der Waals surface area contributed by atoms with Gasteiger partial charge in [-0.1, -0.05) is 98.9 Å². The summed E-state index contributed by atoms with van der Waals surface area (Å²) in [5, 5.41) is 1.45. The zero-order valence-corrected chi connectivity index (χ0v) is 26.1. The molecule has 0 bridgehead atoms. The Morgan fingerprint density at radius 3 is 1.09 bits per heavy atom. The molecule has 0 aromatic heterocycles. The van der Waals surface area contributed by atoms with E-state index in [1.807, 2.05) is 17.3 Å². The van der Waals surface area contributed by atoms with Crippen LogP contribution in [0.2, 0.25) is 0 Å². The second kappa shape index (κ2) is 14.4. The van der Waals surface area contributed by atoms with Crippen LogP contribution in [0.25, 0.3) is 0 Å². The normalized spacial score (nSPS) is 13.0. The van der Waals surface area contributed by atoms with Crippen molar-refractivity contribution < 1.29 is 30.5 Å². The summed E-state index contributed by atoms with van der Waals surface area (Å²) in [7, 11) is 4.28. The molecule has 0 aliphatic carbocycles. The fraction of sp³-hybridized carbons (Fsp3) is 0.720. The molecule has 190 valence electrons. The first-order valence-corrected chi connectivity index (χ1v) is 15.8. The molecule has 0 N–H and O–H groups in total. The van der Waals surface area contributed by atoms with Crippen molar-refractivity contribution in [3.05, 3.63) is 42.1 Å². The topological polar surface area (TPSA) is 0 Å². The van der Waals surface area contributed by atoms with E-state index >= 15 is 0 Å². The molecule has 0 saturated carbocycles. The van der Waals surface area contributed by atoms with Crippen molar-refractivity contribution in [2.75, 3.05) is 0 Å². The Morgan fingerprint density at radius 2 is 0.906 bits per heavy atom. The molecule has 0 saturated heterocycles. The summed E-state index contributed by atoms with van der Waals surface area (Å²) in [4.78, 5) is 0. The van der Waals surface area contributed by atoms with Crippen molar-refractivity contribution in [2.24, 2.45) is 0 Å². The van der Waals surface area contributed by atoms with E-state index in [-0.39, 0.29) is 15.8 Å². The van der Waals surface area contributed by atoms with Gasteiger partial charge in [0.2, 0.25) is 0 Å². The van der Waals surface area contributed by atoms with Gasteiger partial charge in [0.05, 0.1) is 0 Å². The van der Waals surface area contributed by atoms with Gasteiger partial charge in [-0.2, -0.15) is 35.4 Å². The Morgan fingerprint density at radius 1 is 0.688 bits per heavy atom. The number of hydrogen-bond acceptors (Lipinski definition) is 0. The Hall–Kier alpha value is 0.783. The predicted molar refractivity (Wildman–Crippen MR) is 138 cm³/mol. The first-order chi connectivity index (χ1) is 14.2. The van der Waals surface area contributed by atoms with Gasteiger partial charge in [0, 0.05) is 0 Å². The average molecular weight is 601 g/mol. The van der Waals surface area contributed by atoms with Crippen molar-refractivity contribution in [3.8, 4) is 0 Å². The second-order valence-corrected chi connectivity index (χ2v) is 19.5. The molecule has 0 atom stereocenters. The van der Waals surface area contributed by atoms with E-state index < -0.39 is 6.68 Å². The monoisotopic (exact) mass is 600 g/mol. The summed E-state index contributed by atoms with van der Waals surface area (Å²) in [6.07, 6.45) is 2.36. The summed E-state index contributed by atoms with van der Waals surface area (Å²) >= 11 is 2.02. The zero-order valence-electron chi connectivity index (χ0n) is 21.9. The summed E-state index contributed by atoms with van der Waals surface area (Å²) < 4.78 is 28.8. The fourth-order valence-electron chi connectivity index (χ4n) is 4.06. The van der Waals surface area contributed by atoms with Crippen LogP contribution in [-0.4, -0.2) is 20.6 Å². The molecule has 0 aliphatic heterocycles. The van der Waals surface area contributed by atoms with Crippen molar-refractivity contribution >= 4 is 25.5 Å². The first kappa shape index (κ1) is 34.9. The van der Waals surface area contributed by atoms with E-state index in [0.717, 1.165) is 0 Å². The Labute approximate surface area is 213 Å². The number of halogens is 4. The maximum atomic E-state index is 9.58. The Balaban J connectivity index is 0. The van der Waals surface area contributed by atoms with Gasteiger partial charge in [-0.15, -0.1) is 0 Å². The number of rotatable bonds is 4. The van der Waals surface area contributed by atoms with Crippen molar-refractivity contribution in [1.82, 2.24) is 0 Å². The third kappa shape index (κ3) is 14.9. The van der Waals surface area contributed by atoms with E-state index in [1.165, 1.54) is 23.5 Å². The second-order valence-electron chi connectivity index (χ2n) is 11.8. The molecule has 0 radical (unpaired) electrons. The molecule has 1 aromatic rings. The molecular formula is C25H43ClF3P2Rh. The molecular weight excluding hydrogens is 558 g/mol. The quantitative estimate of drug-likeness (QED) is 0.183. The molecule has 0 unspecified atom stereocenters. The molecule has 1 aromatic carbocycles. The molecule has 0 spiro atoms. The standard InChI is InChI=1S/C24H43P2.CF3.ClH.Rh/c1-21(2,3)25(22(4,5)6)17-19-14-13-15-20(16-19)18-26(23(7,8)9)24(10,11)12;2-1(3)4;;/h13-15H,17-18H2,1-12H3;;1H;/q2*-1;;+3/p-1. The molecule has 32 heavy (non-hydrogen) atoms. The molecule has 0 fully saturated rings. The first-order valence-electron chi connectivity index (χ1n) is 10.7. The van der Waals surface area contributed by atoms with Gasteiger partial charge in [0.15, 0.2) is 6.68 Å². The van der Waals surface area contributed by atoms with Crippen LogP contribution in [0, 0.1) is 12.7 Å². The SMILES string of the molecule is CC(C)(C)P(Cc1[c-]c(CP(C(C)(C)C)C(C)(C)C)ccc1)C(C)(C)C.F[C-](F)F.[Cl][Rh+2]. The third-order valence-corrected chi connectivity index (χ3v) is 12.6. The number of benzene rings is 1. The Kier molecular flexibility index (Phi) is 15.7. The predicted octanol–water partition coefficient (Wildman–Crippen LogP) is 10.7. The van der Waals surface area contributed by atoms with E-state index in [9.17, 15) is 13.2 Å². The molecule has 7 heteroatoms. The summed E-state index contributed by atoms with van der Waals surface area (Å²) in [5.41, 5.74) is 2.83. The van der Waals surface area contributed by atoms with Crippen LogP contribution in [0.1, 0.15) is 94.2 Å². The van der Waals surface area contributed by atoms with E-state index in [0.29, 0.717) is 20.6 Å². The van der Waals surface area contributed by atoms with Crippen LogP contribution >= 0.6 is 25.5 Å². The summed E-state index contributed by atoms with van der Waals surface area (Å²) in [6, 6.07) is 10.7. The summed E-state index contributed by atoms with van der Waals surface area (Å²) in [5.74, 6) is 0. The van der Waals surface area contributed by atoms with Gasteiger partial charge in [0.25, 0.3) is 0 Å². The van der Waals surface area contributed by atoms with Gasteiger partial charge >= 0.3 is 27.0 Å². The minimum absolute atomic E-state index is 0.123. The van der Waals surface area contributed by atoms with Crippen LogP contribution in [0.4, 0.5) is 13.2 Å². The van der Waals surface area contributed by atoms with Crippen LogP contribution in [0.5, 0.6) is 0 Å². The van der Waals surface area contributed by atoms with Gasteiger partial charge < -0.3 is 13.2 Å². The average Bonchev–Trinajstić information content (AvgIpc) is 2.55. The summed E-state index contributed by atoms with van der Waals surface area (Å²) in [6.45, 7) is 25.8. The van der Waals surface area contributed by atoms with E-state index in [1.54, 1.807) is 0 Å². The Bertz CT molecular complexity index is 562. The van der Waals surface area contributed by atoms with Crippen LogP contribution in [0.15, 0.2) is 18.2 Å². The van der Waals surface area contributed by atoms with Gasteiger partial charge in [-0.05, 0) is 32.9 Å². The van der Waals surface area contributed by atoms with Crippen LogP contribution in [0.3, 0.4) is 0 Å². The van der Waals surface area contributed by atoms with Crippen LogP contribution < -0.4 is 0 Å². The fourth-order valence-corrected chi connectivity index (χ4v) is 11.0. The molecule has 1 rings (SSSR count). The van der Waals surface area contributed by atoms with Gasteiger partial charge in [-0.25, -0.2) is 0 Å². The van der Waals surface area contributed by atoms with Gasteiger partial charge in [-0.3, -0.25) is 0 Å². The van der Waals surface area contributed by atoms with Crippen molar-refractivity contribution in [2.45, 2.75) is 116 Å². The van der Waals surface area contributed by atoms with Crippen molar-refractivity contribution in [3.63, 3.8) is 0 Å². The van der Waals surface area contributed by atoms with Gasteiger partial charge in [0.1, 0.15) is 0 Å². The molecule has 0 heterocycles.